The maximum atomic E-state index is 10.2. The number of hydrogen-bond donors (Lipinski definition) is 1. The van der Waals surface area contributed by atoms with E-state index in [1.165, 1.54) is 19.4 Å². The summed E-state index contributed by atoms with van der Waals surface area (Å²) in [7, 11) is 0. The maximum absolute atomic E-state index is 10.2. The summed E-state index contributed by atoms with van der Waals surface area (Å²) in [5.74, 6) is 0.559. The summed E-state index contributed by atoms with van der Waals surface area (Å²) in [5, 5.41) is 10.2. The normalized spacial score (nSPS) is 33.7. The van der Waals surface area contributed by atoms with Crippen molar-refractivity contribution in [1.82, 2.24) is 4.90 Å². The summed E-state index contributed by atoms with van der Waals surface area (Å²) in [6.07, 6.45) is 4.52. The Labute approximate surface area is 80.9 Å². The molecule has 0 aromatic rings. The van der Waals surface area contributed by atoms with Crippen molar-refractivity contribution in [2.45, 2.75) is 51.2 Å². The SMILES string of the molecule is CC(C)N1CCC(C2(O)CCC2)C1. The molecule has 1 saturated heterocycles. The van der Waals surface area contributed by atoms with Crippen molar-refractivity contribution in [3.05, 3.63) is 0 Å². The van der Waals surface area contributed by atoms with Crippen molar-refractivity contribution < 1.29 is 5.11 Å². The van der Waals surface area contributed by atoms with Gasteiger partial charge in [-0.25, -0.2) is 0 Å². The Morgan fingerprint density at radius 3 is 2.46 bits per heavy atom. The third-order valence-electron chi connectivity index (χ3n) is 3.93. The molecule has 1 aliphatic carbocycles. The van der Waals surface area contributed by atoms with Crippen LogP contribution in [0.2, 0.25) is 0 Å². The molecule has 2 fully saturated rings. The fourth-order valence-corrected chi connectivity index (χ4v) is 2.64. The Morgan fingerprint density at radius 1 is 1.38 bits per heavy atom. The molecule has 1 atom stereocenters. The molecule has 2 heteroatoms. The summed E-state index contributed by atoms with van der Waals surface area (Å²) >= 11 is 0. The first-order chi connectivity index (χ1) is 6.12. The molecular formula is C11H21NO. The molecule has 1 heterocycles. The quantitative estimate of drug-likeness (QED) is 0.703. The Hall–Kier alpha value is -0.0800. The van der Waals surface area contributed by atoms with Crippen LogP contribution in [0.25, 0.3) is 0 Å². The topological polar surface area (TPSA) is 23.5 Å². The lowest BCUT2D eigenvalue weighted by Crippen LogP contribution is -2.46. The lowest BCUT2D eigenvalue weighted by atomic mass is 9.71. The van der Waals surface area contributed by atoms with Crippen LogP contribution >= 0.6 is 0 Å². The first-order valence-electron chi connectivity index (χ1n) is 5.58. The first-order valence-corrected chi connectivity index (χ1v) is 5.58. The fraction of sp³-hybridized carbons (Fsp3) is 1.00. The highest BCUT2D eigenvalue weighted by atomic mass is 16.3. The van der Waals surface area contributed by atoms with Gasteiger partial charge in [0, 0.05) is 18.5 Å². The Balaban J connectivity index is 1.90. The van der Waals surface area contributed by atoms with Crippen molar-refractivity contribution in [3.63, 3.8) is 0 Å². The van der Waals surface area contributed by atoms with Crippen LogP contribution in [0.4, 0.5) is 0 Å². The van der Waals surface area contributed by atoms with Gasteiger partial charge in [-0.15, -0.1) is 0 Å². The predicted molar refractivity (Wildman–Crippen MR) is 53.6 cm³/mol. The lowest BCUT2D eigenvalue weighted by Gasteiger charge is -2.42. The minimum absolute atomic E-state index is 0.274. The van der Waals surface area contributed by atoms with Crippen LogP contribution in [0.15, 0.2) is 0 Å². The van der Waals surface area contributed by atoms with E-state index in [1.807, 2.05) is 0 Å². The molecule has 2 rings (SSSR count). The van der Waals surface area contributed by atoms with Gasteiger partial charge in [-0.1, -0.05) is 0 Å². The average molecular weight is 183 g/mol. The van der Waals surface area contributed by atoms with Crippen molar-refractivity contribution in [1.29, 1.82) is 0 Å². The largest absolute Gasteiger partial charge is 0.390 e. The summed E-state index contributed by atoms with van der Waals surface area (Å²) in [5.41, 5.74) is -0.274. The molecule has 0 amide bonds. The number of nitrogens with zero attached hydrogens (tertiary/aromatic N) is 1. The highest BCUT2D eigenvalue weighted by Gasteiger charge is 2.44. The average Bonchev–Trinajstić information content (AvgIpc) is 2.48. The molecular weight excluding hydrogens is 162 g/mol. The van der Waals surface area contributed by atoms with Crippen LogP contribution in [0.1, 0.15) is 39.5 Å². The van der Waals surface area contributed by atoms with Crippen molar-refractivity contribution in [3.8, 4) is 0 Å². The zero-order valence-corrected chi connectivity index (χ0v) is 8.79. The highest BCUT2D eigenvalue weighted by molar-refractivity contribution is 4.98. The van der Waals surface area contributed by atoms with Crippen LogP contribution in [0.5, 0.6) is 0 Å². The predicted octanol–water partition coefficient (Wildman–Crippen LogP) is 1.63. The monoisotopic (exact) mass is 183 g/mol. The van der Waals surface area contributed by atoms with E-state index in [1.54, 1.807) is 0 Å². The van der Waals surface area contributed by atoms with E-state index in [0.29, 0.717) is 12.0 Å². The molecule has 2 nitrogen and oxygen atoms in total. The van der Waals surface area contributed by atoms with Gasteiger partial charge in [0.05, 0.1) is 5.60 Å². The molecule has 2 aliphatic rings. The minimum Gasteiger partial charge on any atom is -0.390 e. The van der Waals surface area contributed by atoms with Gasteiger partial charge in [0.1, 0.15) is 0 Å². The fourth-order valence-electron chi connectivity index (χ4n) is 2.64. The van der Waals surface area contributed by atoms with E-state index in [0.717, 1.165) is 19.4 Å². The molecule has 0 aromatic heterocycles. The second-order valence-electron chi connectivity index (χ2n) is 5.03. The second kappa shape index (κ2) is 3.25. The van der Waals surface area contributed by atoms with E-state index >= 15 is 0 Å². The molecule has 1 aliphatic heterocycles. The van der Waals surface area contributed by atoms with E-state index in [2.05, 4.69) is 18.7 Å². The van der Waals surface area contributed by atoms with Crippen LogP contribution in [0.3, 0.4) is 0 Å². The van der Waals surface area contributed by atoms with Gasteiger partial charge < -0.3 is 10.0 Å². The van der Waals surface area contributed by atoms with Crippen molar-refractivity contribution >= 4 is 0 Å². The third-order valence-corrected chi connectivity index (χ3v) is 3.93. The van der Waals surface area contributed by atoms with Crippen LogP contribution in [-0.4, -0.2) is 34.7 Å². The Kier molecular flexibility index (Phi) is 2.37. The smallest absolute Gasteiger partial charge is 0.0688 e. The van der Waals surface area contributed by atoms with E-state index in [4.69, 9.17) is 0 Å². The zero-order chi connectivity index (χ0) is 9.47. The summed E-state index contributed by atoms with van der Waals surface area (Å²) in [4.78, 5) is 2.49. The van der Waals surface area contributed by atoms with Crippen LogP contribution < -0.4 is 0 Å². The van der Waals surface area contributed by atoms with Crippen LogP contribution in [0, 0.1) is 5.92 Å². The molecule has 0 bridgehead atoms. The van der Waals surface area contributed by atoms with E-state index in [9.17, 15) is 5.11 Å². The number of hydrogen-bond acceptors (Lipinski definition) is 2. The molecule has 76 valence electrons. The first kappa shape index (κ1) is 9.47. The van der Waals surface area contributed by atoms with E-state index in [-0.39, 0.29) is 5.60 Å². The molecule has 1 unspecified atom stereocenters. The maximum Gasteiger partial charge on any atom is 0.0688 e. The van der Waals surface area contributed by atoms with Gasteiger partial charge in [0.2, 0.25) is 0 Å². The number of rotatable bonds is 2. The van der Waals surface area contributed by atoms with Gasteiger partial charge >= 0.3 is 0 Å². The Bertz CT molecular complexity index is 187. The minimum atomic E-state index is -0.274. The number of aliphatic hydroxyl groups is 1. The standard InChI is InChI=1S/C11H21NO/c1-9(2)12-7-4-10(8-12)11(13)5-3-6-11/h9-10,13H,3-8H2,1-2H3. The summed E-state index contributed by atoms with van der Waals surface area (Å²) in [6.45, 7) is 6.79. The Morgan fingerprint density at radius 2 is 2.08 bits per heavy atom. The molecule has 1 saturated carbocycles. The molecule has 0 aromatic carbocycles. The van der Waals surface area contributed by atoms with Gasteiger partial charge in [-0.2, -0.15) is 0 Å². The van der Waals surface area contributed by atoms with Gasteiger partial charge in [-0.3, -0.25) is 0 Å². The summed E-state index contributed by atoms with van der Waals surface area (Å²) in [6, 6.07) is 0.647. The van der Waals surface area contributed by atoms with Gasteiger partial charge in [0.15, 0.2) is 0 Å². The number of likely N-dealkylation sites (tertiary alicyclic amines) is 1. The lowest BCUT2D eigenvalue weighted by molar-refractivity contribution is -0.0802. The van der Waals surface area contributed by atoms with Crippen molar-refractivity contribution in [2.24, 2.45) is 5.92 Å². The summed E-state index contributed by atoms with van der Waals surface area (Å²) < 4.78 is 0. The van der Waals surface area contributed by atoms with Crippen LogP contribution in [-0.2, 0) is 0 Å². The molecule has 13 heavy (non-hydrogen) atoms. The molecule has 0 radical (unpaired) electrons. The second-order valence-corrected chi connectivity index (χ2v) is 5.03. The molecule has 0 spiro atoms. The van der Waals surface area contributed by atoms with Crippen molar-refractivity contribution in [2.75, 3.05) is 13.1 Å². The van der Waals surface area contributed by atoms with Gasteiger partial charge in [0.25, 0.3) is 0 Å². The molecule has 1 N–H and O–H groups in total. The third kappa shape index (κ3) is 1.62. The highest BCUT2D eigenvalue weighted by Crippen LogP contribution is 2.42. The van der Waals surface area contributed by atoms with Gasteiger partial charge in [-0.05, 0) is 46.1 Å². The zero-order valence-electron chi connectivity index (χ0n) is 8.79. The van der Waals surface area contributed by atoms with E-state index < -0.39 is 0 Å².